The average Bonchev–Trinajstić information content (AvgIpc) is 3.28. The number of aromatic nitrogens is 2. The van der Waals surface area contributed by atoms with Gasteiger partial charge in [-0.15, -0.1) is 0 Å². The maximum absolute atomic E-state index is 11.4. The van der Waals surface area contributed by atoms with Crippen molar-refractivity contribution in [2.45, 2.75) is 84.2 Å². The summed E-state index contributed by atoms with van der Waals surface area (Å²) in [5.74, 6) is 2.93. The quantitative estimate of drug-likeness (QED) is 0.380. The molecule has 4 aliphatic rings. The van der Waals surface area contributed by atoms with Crippen LogP contribution in [0.4, 0.5) is 0 Å². The summed E-state index contributed by atoms with van der Waals surface area (Å²) in [5, 5.41) is 4.53. The van der Waals surface area contributed by atoms with Gasteiger partial charge in [0.05, 0.1) is 0 Å². The Balaban J connectivity index is 1.40. The molecule has 1 aromatic rings. The van der Waals surface area contributed by atoms with Crippen LogP contribution in [0.15, 0.2) is 16.6 Å². The van der Waals surface area contributed by atoms with E-state index in [0.29, 0.717) is 16.7 Å². The van der Waals surface area contributed by atoms with Crippen molar-refractivity contribution in [2.24, 2.45) is 28.6 Å². The molecule has 4 aliphatic carbocycles. The van der Waals surface area contributed by atoms with Crippen LogP contribution in [0, 0.1) is 28.6 Å². The van der Waals surface area contributed by atoms with Crippen molar-refractivity contribution >= 4 is 20.7 Å². The Morgan fingerprint density at radius 1 is 1.18 bits per heavy atom. The van der Waals surface area contributed by atoms with Crippen molar-refractivity contribution in [3.05, 3.63) is 22.3 Å². The summed E-state index contributed by atoms with van der Waals surface area (Å²) in [7, 11) is 0. The van der Waals surface area contributed by atoms with Crippen LogP contribution in [-0.4, -0.2) is 36.0 Å². The second-order valence-corrected chi connectivity index (χ2v) is 11.5. The summed E-state index contributed by atoms with van der Waals surface area (Å²) in [6, 6.07) is 0. The molecule has 0 N–H and O–H groups in total. The molecule has 3 fully saturated rings. The molecule has 0 saturated heterocycles. The number of carbonyl (C=O) groups is 1. The van der Waals surface area contributed by atoms with E-state index >= 15 is 0 Å². The van der Waals surface area contributed by atoms with Gasteiger partial charge >= 0.3 is 163 Å². The van der Waals surface area contributed by atoms with Crippen molar-refractivity contribution in [1.29, 1.82) is 0 Å². The number of nitrogens with zero attached hydrogens (tertiary/aromatic N) is 2. The van der Waals surface area contributed by atoms with E-state index in [2.05, 4.69) is 34.1 Å². The van der Waals surface area contributed by atoms with Gasteiger partial charge in [0.2, 0.25) is 0 Å². The molecule has 28 heavy (non-hydrogen) atoms. The monoisotopic (exact) mass is 448 g/mol. The molecule has 7 atom stereocenters. The predicted molar refractivity (Wildman–Crippen MR) is 109 cm³/mol. The van der Waals surface area contributed by atoms with Crippen molar-refractivity contribution < 1.29 is 9.53 Å². The molecule has 1 heterocycles. The standard InChI is InChI=1S/C23H32N2O2Se/c1-14(26)27-16-8-10-22(2)15(12-16)4-5-17-18-6-7-20(21-13-28-25-24-21)23(18,3)11-9-19(17)22/h4,13,16-20H,5-12H2,1-3H3/t16-,17-,18-,19-,20+,22-,23-/m0/s1. The van der Waals surface area contributed by atoms with Crippen LogP contribution in [-0.2, 0) is 9.53 Å². The third-order valence-electron chi connectivity index (χ3n) is 9.13. The van der Waals surface area contributed by atoms with Crippen molar-refractivity contribution in [2.75, 3.05) is 0 Å². The Morgan fingerprint density at radius 2 is 2.04 bits per heavy atom. The third-order valence-corrected chi connectivity index (χ3v) is 10.2. The summed E-state index contributed by atoms with van der Waals surface area (Å²) in [5.41, 5.74) is 3.61. The molecule has 4 nitrogen and oxygen atoms in total. The SMILES string of the molecule is CC(=O)O[C@H]1CC[C@@]2(C)C(=CC[C@H]3[C@@H]4CC[C@H](c5c[se]nn5)[C@@]4(C)CC[C@@H]32)C1. The molecule has 0 amide bonds. The third kappa shape index (κ3) is 2.80. The molecule has 0 bridgehead atoms. The fourth-order valence-corrected chi connectivity index (χ4v) is 8.84. The Hall–Kier alpha value is -0.931. The van der Waals surface area contributed by atoms with Gasteiger partial charge in [0.25, 0.3) is 0 Å². The number of allylic oxidation sites excluding steroid dienone is 1. The molecule has 3 saturated carbocycles. The fourth-order valence-electron chi connectivity index (χ4n) is 7.77. The number of rotatable bonds is 2. The van der Waals surface area contributed by atoms with Gasteiger partial charge in [0.15, 0.2) is 0 Å². The fraction of sp³-hybridized carbons (Fsp3) is 0.783. The number of carbonyl (C=O) groups excluding carboxylic acids is 1. The molecule has 0 aliphatic heterocycles. The molecule has 5 rings (SSSR count). The van der Waals surface area contributed by atoms with E-state index < -0.39 is 0 Å². The maximum atomic E-state index is 11.4. The van der Waals surface area contributed by atoms with Crippen LogP contribution in [0.25, 0.3) is 0 Å². The minimum absolute atomic E-state index is 0.0969. The predicted octanol–water partition coefficient (Wildman–Crippen LogP) is 4.51. The van der Waals surface area contributed by atoms with Crippen LogP contribution in [0.3, 0.4) is 0 Å². The van der Waals surface area contributed by atoms with Crippen molar-refractivity contribution in [1.82, 2.24) is 9.19 Å². The number of esters is 1. The molecule has 5 heteroatoms. The summed E-state index contributed by atoms with van der Waals surface area (Å²) in [6.45, 7) is 6.62. The van der Waals surface area contributed by atoms with Gasteiger partial charge in [-0.25, -0.2) is 0 Å². The van der Waals surface area contributed by atoms with Crippen molar-refractivity contribution in [3.63, 3.8) is 0 Å². The Morgan fingerprint density at radius 3 is 2.79 bits per heavy atom. The normalized spacial score (nSPS) is 44.8. The molecule has 1 aromatic heterocycles. The number of hydrogen-bond acceptors (Lipinski definition) is 4. The second kappa shape index (κ2) is 6.80. The van der Waals surface area contributed by atoms with E-state index in [-0.39, 0.29) is 26.8 Å². The molecule has 152 valence electrons. The number of fused-ring (bicyclic) bond motifs is 5. The van der Waals surface area contributed by atoms with Crippen LogP contribution >= 0.6 is 0 Å². The van der Waals surface area contributed by atoms with E-state index in [1.807, 2.05) is 0 Å². The van der Waals surface area contributed by atoms with E-state index in [9.17, 15) is 4.79 Å². The van der Waals surface area contributed by atoms with E-state index in [1.54, 1.807) is 5.57 Å². The zero-order chi connectivity index (χ0) is 19.5. The van der Waals surface area contributed by atoms with Crippen molar-refractivity contribution in [3.8, 4) is 0 Å². The van der Waals surface area contributed by atoms with Gasteiger partial charge in [0.1, 0.15) is 0 Å². The minimum atomic E-state index is -0.131. The van der Waals surface area contributed by atoms with Gasteiger partial charge in [-0.3, -0.25) is 4.79 Å². The summed E-state index contributed by atoms with van der Waals surface area (Å²) in [4.78, 5) is 13.7. The second-order valence-electron chi connectivity index (χ2n) is 10.2. The Bertz CT molecular complexity index is 791. The van der Waals surface area contributed by atoms with Gasteiger partial charge in [-0.1, -0.05) is 0 Å². The van der Waals surface area contributed by atoms with Crippen LogP contribution < -0.4 is 0 Å². The molecular weight excluding hydrogens is 415 g/mol. The summed E-state index contributed by atoms with van der Waals surface area (Å²) >= 11 is 0.248. The van der Waals surface area contributed by atoms with Crippen LogP contribution in [0.5, 0.6) is 0 Å². The van der Waals surface area contributed by atoms with Gasteiger partial charge in [0, 0.05) is 6.92 Å². The molecule has 0 spiro atoms. The van der Waals surface area contributed by atoms with E-state index in [4.69, 9.17) is 4.74 Å². The average molecular weight is 447 g/mol. The summed E-state index contributed by atoms with van der Waals surface area (Å²) < 4.78 is 9.88. The first-order chi connectivity index (χ1) is 13.4. The zero-order valence-electron chi connectivity index (χ0n) is 17.3. The van der Waals surface area contributed by atoms with E-state index in [0.717, 1.165) is 30.6 Å². The van der Waals surface area contributed by atoms with Gasteiger partial charge in [-0.2, -0.15) is 0 Å². The van der Waals surface area contributed by atoms with E-state index in [1.165, 1.54) is 51.1 Å². The number of hydrogen-bond donors (Lipinski definition) is 0. The molecule has 0 aromatic carbocycles. The summed E-state index contributed by atoms with van der Waals surface area (Å²) in [6.07, 6.45) is 12.4. The molecule has 0 unspecified atom stereocenters. The number of ether oxygens (including phenoxy) is 1. The first-order valence-electron chi connectivity index (χ1n) is 11.1. The van der Waals surface area contributed by atoms with Crippen LogP contribution in [0.2, 0.25) is 0 Å². The molecular formula is C23H32N2O2Se. The molecule has 0 radical (unpaired) electrons. The zero-order valence-corrected chi connectivity index (χ0v) is 19.0. The van der Waals surface area contributed by atoms with Crippen LogP contribution in [0.1, 0.15) is 83.7 Å². The Labute approximate surface area is 174 Å². The first kappa shape index (κ1) is 19.1. The van der Waals surface area contributed by atoms with Gasteiger partial charge < -0.3 is 0 Å². The van der Waals surface area contributed by atoms with Gasteiger partial charge in [-0.05, 0) is 0 Å². The Kier molecular flexibility index (Phi) is 4.63. The topological polar surface area (TPSA) is 52.1 Å². The first-order valence-corrected chi connectivity index (χ1v) is 12.8.